The molecule has 188 valence electrons. The number of fused-ring (bicyclic) bond motifs is 1. The Bertz CT molecular complexity index is 1320. The van der Waals surface area contributed by atoms with Crippen molar-refractivity contribution < 1.29 is 44.7 Å². The summed E-state index contributed by atoms with van der Waals surface area (Å²) in [4.78, 5) is 26.4. The molecular formula is C24H14F8N2O2. The lowest BCUT2D eigenvalue weighted by molar-refractivity contribution is -0.348. The zero-order valence-electron chi connectivity index (χ0n) is 17.8. The molecule has 0 saturated carbocycles. The van der Waals surface area contributed by atoms with Gasteiger partial charge in [-0.25, -0.2) is 8.78 Å². The van der Waals surface area contributed by atoms with Crippen LogP contribution in [-0.4, -0.2) is 24.2 Å². The molecule has 0 radical (unpaired) electrons. The van der Waals surface area contributed by atoms with Crippen LogP contribution in [-0.2, 0) is 12.2 Å². The highest BCUT2D eigenvalue weighted by molar-refractivity contribution is 6.11. The molecule has 4 rings (SSSR count). The van der Waals surface area contributed by atoms with E-state index in [1.165, 1.54) is 12.1 Å². The standard InChI is InChI=1S/C24H14F8N2O2/c25-19-17(6-3-7-18(19)34-12-13-4-1-2-5-16(13)21(34)36)20(35)33-15-10-8-14(9-11-15)22(26,23(27,28)29)24(30,31)32/h1-11H,12H2,(H,33,35). The number of anilines is 2. The first-order valence-electron chi connectivity index (χ1n) is 10.2. The molecule has 0 aromatic heterocycles. The Labute approximate surface area is 198 Å². The molecule has 0 aliphatic carbocycles. The normalized spacial score (nSPS) is 14.1. The number of carbonyl (C=O) groups excluding carboxylic acids is 2. The number of alkyl halides is 7. The van der Waals surface area contributed by atoms with E-state index in [0.717, 1.165) is 11.0 Å². The van der Waals surface area contributed by atoms with E-state index in [4.69, 9.17) is 0 Å². The van der Waals surface area contributed by atoms with E-state index in [-0.39, 0.29) is 30.1 Å². The van der Waals surface area contributed by atoms with E-state index in [1.807, 2.05) is 0 Å². The lowest BCUT2D eigenvalue weighted by Crippen LogP contribution is -2.50. The van der Waals surface area contributed by atoms with Gasteiger partial charge in [-0.1, -0.05) is 36.4 Å². The van der Waals surface area contributed by atoms with Crippen molar-refractivity contribution >= 4 is 23.2 Å². The predicted molar refractivity (Wildman–Crippen MR) is 113 cm³/mol. The van der Waals surface area contributed by atoms with Crippen LogP contribution in [0, 0.1) is 5.82 Å². The van der Waals surface area contributed by atoms with Crippen LogP contribution in [0.1, 0.15) is 31.8 Å². The smallest absolute Gasteiger partial charge is 0.322 e. The van der Waals surface area contributed by atoms with Crippen LogP contribution in [0.4, 0.5) is 46.5 Å². The molecule has 4 nitrogen and oxygen atoms in total. The Kier molecular flexibility index (Phi) is 6.01. The van der Waals surface area contributed by atoms with Gasteiger partial charge in [-0.15, -0.1) is 0 Å². The molecular weight excluding hydrogens is 500 g/mol. The SMILES string of the molecule is O=C(Nc1ccc(C(F)(C(F)(F)F)C(F)(F)F)cc1)c1cccc(N2Cc3ccccc3C2=O)c1F. The third kappa shape index (κ3) is 4.06. The largest absolute Gasteiger partial charge is 0.435 e. The highest BCUT2D eigenvalue weighted by Crippen LogP contribution is 2.53. The van der Waals surface area contributed by atoms with Crippen molar-refractivity contribution in [1.29, 1.82) is 0 Å². The summed E-state index contributed by atoms with van der Waals surface area (Å²) in [5, 5.41) is 2.13. The van der Waals surface area contributed by atoms with Crippen molar-refractivity contribution in [2.75, 3.05) is 10.2 Å². The maximum atomic E-state index is 15.2. The lowest BCUT2D eigenvalue weighted by Gasteiger charge is -2.30. The number of rotatable bonds is 4. The van der Waals surface area contributed by atoms with Crippen molar-refractivity contribution in [1.82, 2.24) is 0 Å². The Balaban J connectivity index is 1.58. The fraction of sp³-hybridized carbons (Fsp3) is 0.167. The van der Waals surface area contributed by atoms with Gasteiger partial charge in [0.2, 0.25) is 0 Å². The predicted octanol–water partition coefficient (Wildman–Crippen LogP) is 6.53. The first-order valence-corrected chi connectivity index (χ1v) is 10.2. The number of hydrogen-bond acceptors (Lipinski definition) is 2. The quantitative estimate of drug-likeness (QED) is 0.403. The molecule has 1 aliphatic rings. The number of carbonyl (C=O) groups is 2. The topological polar surface area (TPSA) is 49.4 Å². The van der Waals surface area contributed by atoms with Gasteiger partial charge in [0.25, 0.3) is 11.8 Å². The molecule has 0 spiro atoms. The van der Waals surface area contributed by atoms with Gasteiger partial charge in [0.15, 0.2) is 5.82 Å². The zero-order chi connectivity index (χ0) is 26.5. The zero-order valence-corrected chi connectivity index (χ0v) is 17.8. The molecule has 0 atom stereocenters. The Morgan fingerprint density at radius 3 is 2.00 bits per heavy atom. The van der Waals surface area contributed by atoms with Crippen LogP contribution in [0.15, 0.2) is 66.7 Å². The van der Waals surface area contributed by atoms with E-state index in [2.05, 4.69) is 5.32 Å². The number of nitrogens with zero attached hydrogens (tertiary/aromatic N) is 1. The summed E-state index contributed by atoms with van der Waals surface area (Å²) in [6.07, 6.45) is -12.6. The maximum Gasteiger partial charge on any atom is 0.435 e. The Hall–Kier alpha value is -3.96. The second kappa shape index (κ2) is 8.61. The lowest BCUT2D eigenvalue weighted by atomic mass is 9.94. The molecule has 3 aromatic carbocycles. The fourth-order valence-electron chi connectivity index (χ4n) is 3.82. The summed E-state index contributed by atoms with van der Waals surface area (Å²) in [6.45, 7) is 0.0574. The van der Waals surface area contributed by atoms with Crippen molar-refractivity contribution in [2.24, 2.45) is 0 Å². The van der Waals surface area contributed by atoms with Crippen molar-refractivity contribution in [3.8, 4) is 0 Å². The van der Waals surface area contributed by atoms with E-state index in [1.54, 1.807) is 24.3 Å². The van der Waals surface area contributed by atoms with Gasteiger partial charge in [0.05, 0.1) is 17.8 Å². The van der Waals surface area contributed by atoms with Crippen molar-refractivity contribution in [3.63, 3.8) is 0 Å². The van der Waals surface area contributed by atoms with E-state index in [9.17, 15) is 40.3 Å². The summed E-state index contributed by atoms with van der Waals surface area (Å²) in [5.74, 6) is -2.64. The molecule has 1 aliphatic heterocycles. The summed E-state index contributed by atoms with van der Waals surface area (Å²) in [7, 11) is 0. The van der Waals surface area contributed by atoms with Crippen LogP contribution >= 0.6 is 0 Å². The third-order valence-electron chi connectivity index (χ3n) is 5.66. The van der Waals surface area contributed by atoms with E-state index in [0.29, 0.717) is 23.3 Å². The molecule has 1 N–H and O–H groups in total. The van der Waals surface area contributed by atoms with E-state index < -0.39 is 46.8 Å². The number of hydrogen-bond donors (Lipinski definition) is 1. The van der Waals surface area contributed by atoms with Gasteiger partial charge in [0, 0.05) is 16.8 Å². The highest BCUT2D eigenvalue weighted by Gasteiger charge is 2.73. The summed E-state index contributed by atoms with van der Waals surface area (Å²) < 4.78 is 107. The van der Waals surface area contributed by atoms with Crippen molar-refractivity contribution in [2.45, 2.75) is 24.6 Å². The maximum absolute atomic E-state index is 15.2. The number of benzene rings is 3. The average Bonchev–Trinajstić information content (AvgIpc) is 3.14. The molecule has 12 heteroatoms. The second-order valence-electron chi connectivity index (χ2n) is 7.87. The van der Waals surface area contributed by atoms with Gasteiger partial charge >= 0.3 is 18.0 Å². The average molecular weight is 514 g/mol. The van der Waals surface area contributed by atoms with Gasteiger partial charge < -0.3 is 10.2 Å². The van der Waals surface area contributed by atoms with Crippen molar-refractivity contribution in [3.05, 3.63) is 94.8 Å². The molecule has 0 fully saturated rings. The second-order valence-corrected chi connectivity index (χ2v) is 7.87. The van der Waals surface area contributed by atoms with E-state index >= 15 is 4.39 Å². The third-order valence-corrected chi connectivity index (χ3v) is 5.66. The minimum absolute atomic E-state index is 0.0574. The molecule has 0 unspecified atom stereocenters. The molecule has 0 saturated heterocycles. The summed E-state index contributed by atoms with van der Waals surface area (Å²) in [6, 6.07) is 12.0. The summed E-state index contributed by atoms with van der Waals surface area (Å²) >= 11 is 0. The number of nitrogens with one attached hydrogen (secondary N) is 1. The molecule has 1 heterocycles. The minimum atomic E-state index is -6.29. The number of halogens is 8. The first kappa shape index (κ1) is 25.1. The fourth-order valence-corrected chi connectivity index (χ4v) is 3.82. The molecule has 2 amide bonds. The van der Waals surface area contributed by atoms with Crippen LogP contribution in [0.25, 0.3) is 0 Å². The Morgan fingerprint density at radius 1 is 0.806 bits per heavy atom. The highest BCUT2D eigenvalue weighted by atomic mass is 19.4. The molecule has 3 aromatic rings. The van der Waals surface area contributed by atoms with Gasteiger partial charge in [-0.2, -0.15) is 26.3 Å². The van der Waals surface area contributed by atoms with Gasteiger partial charge in [-0.3, -0.25) is 9.59 Å². The first-order chi connectivity index (χ1) is 16.8. The molecule has 36 heavy (non-hydrogen) atoms. The Morgan fingerprint density at radius 2 is 1.42 bits per heavy atom. The van der Waals surface area contributed by atoms with Crippen LogP contribution in [0.5, 0.6) is 0 Å². The van der Waals surface area contributed by atoms with Crippen LogP contribution in [0.2, 0.25) is 0 Å². The van der Waals surface area contributed by atoms with Crippen LogP contribution in [0.3, 0.4) is 0 Å². The van der Waals surface area contributed by atoms with Gasteiger partial charge in [0.1, 0.15) is 0 Å². The summed E-state index contributed by atoms with van der Waals surface area (Å²) in [5.41, 5.74) is -7.39. The van der Waals surface area contributed by atoms with Crippen LogP contribution < -0.4 is 10.2 Å². The minimum Gasteiger partial charge on any atom is -0.322 e. The van der Waals surface area contributed by atoms with Gasteiger partial charge in [-0.05, 0) is 35.9 Å². The monoisotopic (exact) mass is 514 g/mol. The molecule has 0 bridgehead atoms. The number of amides is 2.